The van der Waals surface area contributed by atoms with Crippen molar-refractivity contribution >= 4 is 23.1 Å². The van der Waals surface area contributed by atoms with Gasteiger partial charge in [0.2, 0.25) is 0 Å². The van der Waals surface area contributed by atoms with Crippen LogP contribution in [-0.4, -0.2) is 15.7 Å². The Morgan fingerprint density at radius 3 is 2.38 bits per heavy atom. The molecule has 2 heterocycles. The van der Waals surface area contributed by atoms with Crippen LogP contribution in [0, 0.1) is 0 Å². The third-order valence-corrected chi connectivity index (χ3v) is 4.88. The van der Waals surface area contributed by atoms with Gasteiger partial charge in [-0.1, -0.05) is 66.7 Å². The van der Waals surface area contributed by atoms with E-state index in [-0.39, 0.29) is 5.91 Å². The molecule has 1 N–H and O–H groups in total. The summed E-state index contributed by atoms with van der Waals surface area (Å²) in [5.41, 5.74) is 2.89. The predicted molar refractivity (Wildman–Crippen MR) is 105 cm³/mol. The van der Waals surface area contributed by atoms with Crippen molar-refractivity contribution in [3.8, 4) is 11.3 Å². The van der Waals surface area contributed by atoms with Crippen LogP contribution < -0.4 is 5.32 Å². The average Bonchev–Trinajstić information content (AvgIpc) is 3.38. The van der Waals surface area contributed by atoms with Crippen molar-refractivity contribution in [2.75, 3.05) is 5.32 Å². The standard InChI is InChI=1S/C21H17N3OS/c25-21(19-12-7-13-26-19)24-20(22-15-16-8-3-1-4-9-16)14-18(23-24)17-10-5-2-6-11-17/h1-14,22H,15H2. The molecule has 0 spiro atoms. The SMILES string of the molecule is O=C(c1cccs1)n1nc(-c2ccccc2)cc1NCc1ccccc1. The Kier molecular flexibility index (Phi) is 4.62. The zero-order valence-corrected chi connectivity index (χ0v) is 14.8. The van der Waals surface area contributed by atoms with Crippen LogP contribution in [0.15, 0.2) is 84.2 Å². The van der Waals surface area contributed by atoms with Crippen LogP contribution in [0.4, 0.5) is 5.82 Å². The lowest BCUT2D eigenvalue weighted by Gasteiger charge is -2.08. The Bertz CT molecular complexity index is 992. The van der Waals surface area contributed by atoms with Gasteiger partial charge in [-0.25, -0.2) is 0 Å². The molecule has 4 rings (SSSR count). The lowest BCUT2D eigenvalue weighted by molar-refractivity contribution is 0.0952. The van der Waals surface area contributed by atoms with E-state index in [0.717, 1.165) is 16.8 Å². The number of hydrogen-bond acceptors (Lipinski definition) is 4. The molecule has 0 radical (unpaired) electrons. The largest absolute Gasteiger partial charge is 0.366 e. The molecule has 0 unspecified atom stereocenters. The molecule has 0 aliphatic rings. The van der Waals surface area contributed by atoms with Gasteiger partial charge in [-0.3, -0.25) is 4.79 Å². The normalized spacial score (nSPS) is 10.6. The first-order chi connectivity index (χ1) is 12.8. The van der Waals surface area contributed by atoms with E-state index in [2.05, 4.69) is 10.4 Å². The zero-order valence-electron chi connectivity index (χ0n) is 14.0. The molecule has 0 aliphatic carbocycles. The van der Waals surface area contributed by atoms with E-state index in [0.29, 0.717) is 17.2 Å². The Morgan fingerprint density at radius 2 is 1.69 bits per heavy atom. The van der Waals surface area contributed by atoms with Gasteiger partial charge in [-0.05, 0) is 17.0 Å². The van der Waals surface area contributed by atoms with E-state index in [4.69, 9.17) is 0 Å². The second kappa shape index (κ2) is 7.37. The van der Waals surface area contributed by atoms with Gasteiger partial charge in [-0.2, -0.15) is 9.78 Å². The van der Waals surface area contributed by atoms with Crippen molar-refractivity contribution in [2.24, 2.45) is 0 Å². The fourth-order valence-electron chi connectivity index (χ4n) is 2.70. The fourth-order valence-corrected chi connectivity index (χ4v) is 3.35. The molecule has 0 aliphatic heterocycles. The van der Waals surface area contributed by atoms with Gasteiger partial charge in [0.1, 0.15) is 5.82 Å². The quantitative estimate of drug-likeness (QED) is 0.551. The number of carbonyl (C=O) groups excluding carboxylic acids is 1. The summed E-state index contributed by atoms with van der Waals surface area (Å²) in [5, 5.41) is 9.80. The number of nitrogens with zero attached hydrogens (tertiary/aromatic N) is 2. The van der Waals surface area contributed by atoms with E-state index >= 15 is 0 Å². The highest BCUT2D eigenvalue weighted by atomic mass is 32.1. The molecule has 0 amide bonds. The van der Waals surface area contributed by atoms with E-state index in [1.165, 1.54) is 16.0 Å². The minimum absolute atomic E-state index is 0.127. The lowest BCUT2D eigenvalue weighted by atomic mass is 10.1. The van der Waals surface area contributed by atoms with Crippen molar-refractivity contribution in [1.29, 1.82) is 0 Å². The van der Waals surface area contributed by atoms with Crippen LogP contribution in [0.3, 0.4) is 0 Å². The van der Waals surface area contributed by atoms with Gasteiger partial charge in [-0.15, -0.1) is 11.3 Å². The van der Waals surface area contributed by atoms with Gasteiger partial charge >= 0.3 is 0 Å². The number of rotatable bonds is 5. The van der Waals surface area contributed by atoms with Crippen LogP contribution in [0.25, 0.3) is 11.3 Å². The molecule has 5 heteroatoms. The van der Waals surface area contributed by atoms with Crippen LogP contribution in [0.1, 0.15) is 15.2 Å². The Labute approximate surface area is 155 Å². The number of anilines is 1. The maximum atomic E-state index is 12.9. The highest BCUT2D eigenvalue weighted by molar-refractivity contribution is 7.12. The Hall–Kier alpha value is -3.18. The smallest absolute Gasteiger partial charge is 0.290 e. The van der Waals surface area contributed by atoms with Crippen molar-refractivity contribution in [3.63, 3.8) is 0 Å². The summed E-state index contributed by atoms with van der Waals surface area (Å²) in [6.45, 7) is 0.623. The molecule has 0 bridgehead atoms. The summed E-state index contributed by atoms with van der Waals surface area (Å²) < 4.78 is 1.46. The zero-order chi connectivity index (χ0) is 17.8. The molecular weight excluding hydrogens is 342 g/mol. The second-order valence-corrected chi connectivity index (χ2v) is 6.76. The maximum Gasteiger partial charge on any atom is 0.290 e. The minimum atomic E-state index is -0.127. The molecule has 2 aromatic heterocycles. The first-order valence-electron chi connectivity index (χ1n) is 8.33. The summed E-state index contributed by atoms with van der Waals surface area (Å²) in [4.78, 5) is 13.5. The monoisotopic (exact) mass is 359 g/mol. The highest BCUT2D eigenvalue weighted by Gasteiger charge is 2.17. The lowest BCUT2D eigenvalue weighted by Crippen LogP contribution is -2.16. The predicted octanol–water partition coefficient (Wildman–Crippen LogP) is 4.91. The first kappa shape index (κ1) is 16.3. The Balaban J connectivity index is 1.68. The van der Waals surface area contributed by atoms with Crippen LogP contribution in [0.2, 0.25) is 0 Å². The Morgan fingerprint density at radius 1 is 0.962 bits per heavy atom. The van der Waals surface area contributed by atoms with E-state index < -0.39 is 0 Å². The second-order valence-electron chi connectivity index (χ2n) is 5.81. The highest BCUT2D eigenvalue weighted by Crippen LogP contribution is 2.24. The van der Waals surface area contributed by atoms with Gasteiger partial charge < -0.3 is 5.32 Å². The van der Waals surface area contributed by atoms with E-state index in [1.54, 1.807) is 0 Å². The molecule has 4 nitrogen and oxygen atoms in total. The first-order valence-corrected chi connectivity index (χ1v) is 9.21. The third-order valence-electron chi connectivity index (χ3n) is 4.02. The van der Waals surface area contributed by atoms with Crippen LogP contribution in [0.5, 0.6) is 0 Å². The molecule has 0 saturated carbocycles. The molecule has 0 saturated heterocycles. The summed E-state index contributed by atoms with van der Waals surface area (Å²) >= 11 is 1.42. The number of carbonyl (C=O) groups is 1. The average molecular weight is 359 g/mol. The van der Waals surface area contributed by atoms with E-state index in [1.807, 2.05) is 84.2 Å². The van der Waals surface area contributed by atoms with Crippen LogP contribution in [-0.2, 0) is 6.54 Å². The van der Waals surface area contributed by atoms with Crippen LogP contribution >= 0.6 is 11.3 Å². The van der Waals surface area contributed by atoms with Gasteiger partial charge in [0.25, 0.3) is 5.91 Å². The van der Waals surface area contributed by atoms with E-state index in [9.17, 15) is 4.79 Å². The number of benzene rings is 2. The number of nitrogens with one attached hydrogen (secondary N) is 1. The molecule has 26 heavy (non-hydrogen) atoms. The van der Waals surface area contributed by atoms with Gasteiger partial charge in [0.15, 0.2) is 0 Å². The van der Waals surface area contributed by atoms with Crippen molar-refractivity contribution in [1.82, 2.24) is 9.78 Å². The summed E-state index contributed by atoms with van der Waals surface area (Å²) in [6.07, 6.45) is 0. The maximum absolute atomic E-state index is 12.9. The summed E-state index contributed by atoms with van der Waals surface area (Å²) in [6, 6.07) is 25.6. The third kappa shape index (κ3) is 3.43. The molecule has 0 fully saturated rings. The molecule has 4 aromatic rings. The molecular formula is C21H17N3OS. The van der Waals surface area contributed by atoms with Crippen molar-refractivity contribution in [2.45, 2.75) is 6.54 Å². The summed E-state index contributed by atoms with van der Waals surface area (Å²) in [7, 11) is 0. The van der Waals surface area contributed by atoms with Gasteiger partial charge in [0, 0.05) is 18.2 Å². The van der Waals surface area contributed by atoms with Crippen molar-refractivity contribution < 1.29 is 4.79 Å². The molecule has 2 aromatic carbocycles. The van der Waals surface area contributed by atoms with Crippen molar-refractivity contribution in [3.05, 3.63) is 94.7 Å². The minimum Gasteiger partial charge on any atom is -0.366 e. The fraction of sp³-hybridized carbons (Fsp3) is 0.0476. The molecule has 128 valence electrons. The van der Waals surface area contributed by atoms with Gasteiger partial charge in [0.05, 0.1) is 10.6 Å². The molecule has 0 atom stereocenters. The summed E-state index contributed by atoms with van der Waals surface area (Å²) in [5.74, 6) is 0.559. The number of thiophene rings is 1. The number of hydrogen-bond donors (Lipinski definition) is 1. The topological polar surface area (TPSA) is 46.9 Å². The number of aromatic nitrogens is 2.